The predicted molar refractivity (Wildman–Crippen MR) is 115 cm³/mol. The van der Waals surface area contributed by atoms with Gasteiger partial charge < -0.3 is 24.5 Å². The molecule has 1 amide bonds. The van der Waals surface area contributed by atoms with Crippen molar-refractivity contribution in [3.05, 3.63) is 63.4 Å². The molecule has 160 valence electrons. The summed E-state index contributed by atoms with van der Waals surface area (Å²) in [6, 6.07) is 11.1. The van der Waals surface area contributed by atoms with Crippen LogP contribution in [0.25, 0.3) is 10.9 Å². The Balaban J connectivity index is 1.25. The number of aromatic nitrogens is 1. The monoisotopic (exact) mass is 421 g/mol. The molecule has 1 aromatic heterocycles. The van der Waals surface area contributed by atoms with Gasteiger partial charge in [0.1, 0.15) is 5.75 Å². The van der Waals surface area contributed by atoms with Crippen LogP contribution in [-0.4, -0.2) is 42.8 Å². The van der Waals surface area contributed by atoms with E-state index in [1.807, 2.05) is 35.2 Å². The van der Waals surface area contributed by atoms with Gasteiger partial charge in [-0.25, -0.2) is 0 Å². The van der Waals surface area contributed by atoms with Gasteiger partial charge in [-0.15, -0.1) is 0 Å². The van der Waals surface area contributed by atoms with E-state index in [1.165, 1.54) is 0 Å². The van der Waals surface area contributed by atoms with Crippen LogP contribution in [0.2, 0.25) is 0 Å². The number of benzene rings is 2. The standard InChI is InChI=1S/C23H23N3O5/c1-29-15-3-4-18-16(9-15)23(28)17-11-26(7-6-19(17)25-18)12-22(27)24-10-14-2-5-20-21(8-14)31-13-30-20/h2-5,8-9H,6-7,10-13H2,1H3,(H,24,27)(H,25,28). The molecule has 0 fully saturated rings. The number of ether oxygens (including phenoxy) is 3. The van der Waals surface area contributed by atoms with Gasteiger partial charge in [-0.05, 0) is 35.9 Å². The van der Waals surface area contributed by atoms with Gasteiger partial charge in [-0.2, -0.15) is 0 Å². The Kier molecular flexibility index (Phi) is 4.99. The number of pyridine rings is 1. The zero-order valence-corrected chi connectivity index (χ0v) is 17.2. The van der Waals surface area contributed by atoms with Gasteiger partial charge in [0.05, 0.1) is 13.7 Å². The van der Waals surface area contributed by atoms with Crippen LogP contribution in [-0.2, 0) is 24.3 Å². The minimum Gasteiger partial charge on any atom is -0.497 e. The molecule has 0 saturated heterocycles. The lowest BCUT2D eigenvalue weighted by Gasteiger charge is -2.28. The molecule has 31 heavy (non-hydrogen) atoms. The largest absolute Gasteiger partial charge is 0.497 e. The summed E-state index contributed by atoms with van der Waals surface area (Å²) in [6.45, 7) is 2.02. The molecule has 0 saturated carbocycles. The second-order valence-electron chi connectivity index (χ2n) is 7.75. The number of nitrogens with zero attached hydrogens (tertiary/aromatic N) is 1. The molecule has 2 aliphatic heterocycles. The summed E-state index contributed by atoms with van der Waals surface area (Å²) in [7, 11) is 1.58. The van der Waals surface area contributed by atoms with Crippen LogP contribution in [0.4, 0.5) is 0 Å². The number of rotatable bonds is 5. The first-order valence-electron chi connectivity index (χ1n) is 10.2. The summed E-state index contributed by atoms with van der Waals surface area (Å²) in [6.07, 6.45) is 0.696. The Morgan fingerprint density at radius 3 is 2.94 bits per heavy atom. The number of carbonyl (C=O) groups excluding carboxylic acids is 1. The van der Waals surface area contributed by atoms with E-state index in [-0.39, 0.29) is 24.7 Å². The average Bonchev–Trinajstić information content (AvgIpc) is 3.26. The van der Waals surface area contributed by atoms with E-state index in [2.05, 4.69) is 10.3 Å². The van der Waals surface area contributed by atoms with Crippen molar-refractivity contribution in [1.82, 2.24) is 15.2 Å². The number of H-pyrrole nitrogens is 1. The van der Waals surface area contributed by atoms with Crippen molar-refractivity contribution in [3.63, 3.8) is 0 Å². The Morgan fingerprint density at radius 1 is 1.19 bits per heavy atom. The number of nitrogens with one attached hydrogen (secondary N) is 2. The van der Waals surface area contributed by atoms with Crippen molar-refractivity contribution in [1.29, 1.82) is 0 Å². The Morgan fingerprint density at radius 2 is 2.06 bits per heavy atom. The number of hydrogen-bond acceptors (Lipinski definition) is 6. The fourth-order valence-electron chi connectivity index (χ4n) is 4.08. The lowest BCUT2D eigenvalue weighted by atomic mass is 10.0. The molecule has 0 spiro atoms. The van der Waals surface area contributed by atoms with Crippen LogP contribution in [0.1, 0.15) is 16.8 Å². The lowest BCUT2D eigenvalue weighted by molar-refractivity contribution is -0.122. The van der Waals surface area contributed by atoms with Gasteiger partial charge in [-0.1, -0.05) is 6.07 Å². The van der Waals surface area contributed by atoms with Crippen LogP contribution in [0.15, 0.2) is 41.2 Å². The number of fused-ring (bicyclic) bond motifs is 3. The summed E-state index contributed by atoms with van der Waals surface area (Å²) in [5, 5.41) is 3.55. The molecule has 8 nitrogen and oxygen atoms in total. The first kappa shape index (κ1) is 19.4. The molecule has 5 rings (SSSR count). The summed E-state index contributed by atoms with van der Waals surface area (Å²) >= 11 is 0. The zero-order chi connectivity index (χ0) is 21.4. The van der Waals surface area contributed by atoms with E-state index in [4.69, 9.17) is 14.2 Å². The molecule has 0 atom stereocenters. The smallest absolute Gasteiger partial charge is 0.234 e. The minimum absolute atomic E-state index is 0.00637. The molecule has 3 heterocycles. The SMILES string of the molecule is COc1ccc2[nH]c3c(c(=O)c2c1)CN(CC(=O)NCc1ccc2c(c1)OCO2)CC3. The topological polar surface area (TPSA) is 92.9 Å². The van der Waals surface area contributed by atoms with Crippen molar-refractivity contribution < 1.29 is 19.0 Å². The van der Waals surface area contributed by atoms with Gasteiger partial charge in [0.25, 0.3) is 0 Å². The van der Waals surface area contributed by atoms with Crippen LogP contribution >= 0.6 is 0 Å². The van der Waals surface area contributed by atoms with Gasteiger partial charge in [0, 0.05) is 48.2 Å². The number of aromatic amines is 1. The Hall–Kier alpha value is -3.52. The Labute approximate surface area is 178 Å². The van der Waals surface area contributed by atoms with E-state index in [0.717, 1.165) is 28.1 Å². The highest BCUT2D eigenvalue weighted by Crippen LogP contribution is 2.32. The molecule has 0 bridgehead atoms. The summed E-state index contributed by atoms with van der Waals surface area (Å²) in [4.78, 5) is 30.9. The molecule has 2 N–H and O–H groups in total. The van der Waals surface area contributed by atoms with Crippen LogP contribution < -0.4 is 25.0 Å². The van der Waals surface area contributed by atoms with E-state index in [1.54, 1.807) is 13.2 Å². The number of carbonyl (C=O) groups is 1. The number of amides is 1. The van der Waals surface area contributed by atoms with Crippen molar-refractivity contribution >= 4 is 16.8 Å². The van der Waals surface area contributed by atoms with Crippen molar-refractivity contribution in [3.8, 4) is 17.2 Å². The highest BCUT2D eigenvalue weighted by molar-refractivity contribution is 5.81. The van der Waals surface area contributed by atoms with Gasteiger partial charge in [0.2, 0.25) is 12.7 Å². The van der Waals surface area contributed by atoms with E-state index >= 15 is 0 Å². The summed E-state index contributed by atoms with van der Waals surface area (Å²) in [5.74, 6) is 1.98. The maximum atomic E-state index is 13.1. The molecule has 8 heteroatoms. The average molecular weight is 421 g/mol. The first-order valence-corrected chi connectivity index (χ1v) is 10.2. The molecule has 0 radical (unpaired) electrons. The fourth-order valence-corrected chi connectivity index (χ4v) is 4.08. The summed E-state index contributed by atoms with van der Waals surface area (Å²) in [5.41, 5.74) is 3.40. The highest BCUT2D eigenvalue weighted by Gasteiger charge is 2.23. The maximum Gasteiger partial charge on any atom is 0.234 e. The fraction of sp³-hybridized carbons (Fsp3) is 0.304. The molecule has 0 unspecified atom stereocenters. The second-order valence-corrected chi connectivity index (χ2v) is 7.75. The van der Waals surface area contributed by atoms with Crippen molar-refractivity contribution in [2.24, 2.45) is 0 Å². The third kappa shape index (κ3) is 3.82. The van der Waals surface area contributed by atoms with Gasteiger partial charge >= 0.3 is 0 Å². The Bertz CT molecular complexity index is 1220. The molecule has 3 aromatic rings. The van der Waals surface area contributed by atoms with Gasteiger partial charge in [-0.3, -0.25) is 14.5 Å². The predicted octanol–water partition coefficient (Wildman–Crippen LogP) is 1.94. The van der Waals surface area contributed by atoms with E-state index in [0.29, 0.717) is 42.9 Å². The normalized spacial score (nSPS) is 15.0. The van der Waals surface area contributed by atoms with Gasteiger partial charge in [0.15, 0.2) is 16.9 Å². The highest BCUT2D eigenvalue weighted by atomic mass is 16.7. The number of hydrogen-bond donors (Lipinski definition) is 2. The summed E-state index contributed by atoms with van der Waals surface area (Å²) < 4.78 is 15.9. The van der Waals surface area contributed by atoms with Crippen LogP contribution in [0.3, 0.4) is 0 Å². The molecule has 0 aliphatic carbocycles. The maximum absolute atomic E-state index is 13.1. The van der Waals surface area contributed by atoms with Crippen molar-refractivity contribution in [2.45, 2.75) is 19.5 Å². The van der Waals surface area contributed by atoms with E-state index < -0.39 is 0 Å². The third-order valence-corrected chi connectivity index (χ3v) is 5.75. The quantitative estimate of drug-likeness (QED) is 0.654. The zero-order valence-electron chi connectivity index (χ0n) is 17.2. The molecular formula is C23H23N3O5. The first-order chi connectivity index (χ1) is 15.1. The second kappa shape index (κ2) is 7.96. The van der Waals surface area contributed by atoms with Crippen LogP contribution in [0.5, 0.6) is 17.2 Å². The third-order valence-electron chi connectivity index (χ3n) is 5.75. The van der Waals surface area contributed by atoms with E-state index in [9.17, 15) is 9.59 Å². The van der Waals surface area contributed by atoms with Crippen molar-refractivity contribution in [2.75, 3.05) is 27.0 Å². The minimum atomic E-state index is -0.0833. The lowest BCUT2D eigenvalue weighted by Crippen LogP contribution is -2.41. The molecule has 2 aliphatic rings. The number of methoxy groups -OCH3 is 1. The van der Waals surface area contributed by atoms with Crippen LogP contribution in [0, 0.1) is 0 Å². The molecule has 2 aromatic carbocycles. The molecular weight excluding hydrogens is 398 g/mol.